The molecule has 1 atom stereocenters. The van der Waals surface area contributed by atoms with Crippen LogP contribution in [-0.4, -0.2) is 23.2 Å². The second-order valence-electron chi connectivity index (χ2n) is 2.45. The number of aromatic nitrogens is 1. The van der Waals surface area contributed by atoms with E-state index in [-0.39, 0.29) is 0 Å². The molecular formula is C8H10N2O3. The van der Waals surface area contributed by atoms with E-state index in [0.717, 1.165) is 0 Å². The quantitative estimate of drug-likeness (QED) is 0.696. The molecule has 0 bridgehead atoms. The molecular weight excluding hydrogens is 172 g/mol. The Morgan fingerprint density at radius 2 is 2.38 bits per heavy atom. The Morgan fingerprint density at radius 1 is 1.69 bits per heavy atom. The average Bonchev–Trinajstić information content (AvgIpc) is 2.17. The minimum Gasteiger partial charge on any atom is -0.481 e. The number of aliphatic carboxylic acids is 1. The van der Waals surface area contributed by atoms with Gasteiger partial charge < -0.3 is 15.6 Å². The smallest absolute Gasteiger partial charge is 0.325 e. The number of nitrogens with two attached hydrogens (primary N) is 1. The number of carboxylic acids is 1. The van der Waals surface area contributed by atoms with E-state index in [1.807, 2.05) is 0 Å². The van der Waals surface area contributed by atoms with Crippen molar-refractivity contribution in [2.24, 2.45) is 5.73 Å². The van der Waals surface area contributed by atoms with Gasteiger partial charge in [-0.15, -0.1) is 0 Å². The maximum atomic E-state index is 10.5. The second-order valence-corrected chi connectivity index (χ2v) is 2.45. The van der Waals surface area contributed by atoms with Gasteiger partial charge in [0.25, 0.3) is 0 Å². The van der Waals surface area contributed by atoms with Gasteiger partial charge in [-0.1, -0.05) is 0 Å². The van der Waals surface area contributed by atoms with Crippen LogP contribution in [0, 0.1) is 0 Å². The Bertz CT molecular complexity index is 297. The van der Waals surface area contributed by atoms with Gasteiger partial charge in [0.1, 0.15) is 6.04 Å². The molecule has 0 aliphatic heterocycles. The topological polar surface area (TPSA) is 85.4 Å². The van der Waals surface area contributed by atoms with Crippen molar-refractivity contribution in [1.82, 2.24) is 4.98 Å². The number of rotatable bonds is 3. The predicted octanol–water partition coefficient (Wildman–Crippen LogP) is 0.175. The van der Waals surface area contributed by atoms with Crippen LogP contribution in [0.5, 0.6) is 5.88 Å². The lowest BCUT2D eigenvalue weighted by molar-refractivity contribution is -0.138. The summed E-state index contributed by atoms with van der Waals surface area (Å²) in [7, 11) is 1.49. The Kier molecular flexibility index (Phi) is 2.81. The van der Waals surface area contributed by atoms with Crippen LogP contribution in [0.4, 0.5) is 0 Å². The van der Waals surface area contributed by atoms with Gasteiger partial charge in [0.15, 0.2) is 0 Å². The maximum Gasteiger partial charge on any atom is 0.325 e. The molecule has 1 aromatic rings. The summed E-state index contributed by atoms with van der Waals surface area (Å²) in [6.07, 6.45) is 1.39. The van der Waals surface area contributed by atoms with Gasteiger partial charge >= 0.3 is 5.97 Å². The van der Waals surface area contributed by atoms with Crippen molar-refractivity contribution < 1.29 is 14.6 Å². The molecule has 1 unspecified atom stereocenters. The number of hydrogen-bond donors (Lipinski definition) is 2. The van der Waals surface area contributed by atoms with Gasteiger partial charge in [-0.05, 0) is 11.6 Å². The highest BCUT2D eigenvalue weighted by Gasteiger charge is 2.13. The Hall–Kier alpha value is -1.62. The predicted molar refractivity (Wildman–Crippen MR) is 45.4 cm³/mol. The number of methoxy groups -OCH3 is 1. The molecule has 0 radical (unpaired) electrons. The Balaban J connectivity index is 2.85. The van der Waals surface area contributed by atoms with Gasteiger partial charge in [-0.25, -0.2) is 4.98 Å². The van der Waals surface area contributed by atoms with Crippen molar-refractivity contribution in [1.29, 1.82) is 0 Å². The van der Waals surface area contributed by atoms with Gasteiger partial charge in [0.2, 0.25) is 5.88 Å². The number of ether oxygens (including phenoxy) is 1. The summed E-state index contributed by atoms with van der Waals surface area (Å²) < 4.78 is 4.81. The van der Waals surface area contributed by atoms with Gasteiger partial charge in [0.05, 0.1) is 7.11 Å². The number of pyridine rings is 1. The highest BCUT2D eigenvalue weighted by atomic mass is 16.5. The van der Waals surface area contributed by atoms with E-state index in [4.69, 9.17) is 15.6 Å². The van der Waals surface area contributed by atoms with E-state index in [2.05, 4.69) is 4.98 Å². The van der Waals surface area contributed by atoms with Crippen LogP contribution in [0.1, 0.15) is 11.6 Å². The van der Waals surface area contributed by atoms with Gasteiger partial charge in [-0.2, -0.15) is 0 Å². The minimum absolute atomic E-state index is 0.432. The highest BCUT2D eigenvalue weighted by Crippen LogP contribution is 2.12. The summed E-state index contributed by atoms with van der Waals surface area (Å²) in [5.74, 6) is -0.645. The van der Waals surface area contributed by atoms with E-state index in [0.29, 0.717) is 11.4 Å². The molecule has 5 nitrogen and oxygen atoms in total. The zero-order valence-electron chi connectivity index (χ0n) is 7.10. The van der Waals surface area contributed by atoms with Crippen LogP contribution < -0.4 is 10.5 Å². The summed E-state index contributed by atoms with van der Waals surface area (Å²) in [6, 6.07) is 2.11. The van der Waals surface area contributed by atoms with E-state index in [1.54, 1.807) is 12.1 Å². The zero-order valence-corrected chi connectivity index (χ0v) is 7.10. The molecule has 1 rings (SSSR count). The van der Waals surface area contributed by atoms with Gasteiger partial charge in [-0.3, -0.25) is 4.79 Å². The molecule has 0 amide bonds. The molecule has 0 saturated carbocycles. The van der Waals surface area contributed by atoms with Crippen molar-refractivity contribution >= 4 is 5.97 Å². The van der Waals surface area contributed by atoms with E-state index in [1.165, 1.54) is 13.3 Å². The molecule has 0 aliphatic carbocycles. The zero-order chi connectivity index (χ0) is 9.84. The summed E-state index contributed by atoms with van der Waals surface area (Å²) >= 11 is 0. The molecule has 1 aromatic heterocycles. The molecule has 3 N–H and O–H groups in total. The molecule has 0 spiro atoms. The van der Waals surface area contributed by atoms with Crippen LogP contribution in [0.2, 0.25) is 0 Å². The van der Waals surface area contributed by atoms with Crippen molar-refractivity contribution in [3.8, 4) is 5.88 Å². The number of hydrogen-bond acceptors (Lipinski definition) is 4. The van der Waals surface area contributed by atoms with Crippen molar-refractivity contribution in [3.05, 3.63) is 23.9 Å². The lowest BCUT2D eigenvalue weighted by atomic mass is 10.1. The number of nitrogens with zero attached hydrogens (tertiary/aromatic N) is 1. The first-order valence-corrected chi connectivity index (χ1v) is 3.63. The minimum atomic E-state index is -1.08. The Morgan fingerprint density at radius 3 is 2.77 bits per heavy atom. The molecule has 0 aromatic carbocycles. The third-order valence-corrected chi connectivity index (χ3v) is 1.59. The van der Waals surface area contributed by atoms with Crippen LogP contribution in [-0.2, 0) is 4.79 Å². The fourth-order valence-electron chi connectivity index (χ4n) is 0.839. The molecule has 0 aliphatic rings. The van der Waals surface area contributed by atoms with Crippen LogP contribution >= 0.6 is 0 Å². The molecule has 0 saturated heterocycles. The Labute approximate surface area is 75.2 Å². The standard InChI is InChI=1S/C8H10N2O3/c1-13-6-3-2-5(4-10-6)7(9)8(11)12/h2-4,7H,9H2,1H3,(H,11,12). The van der Waals surface area contributed by atoms with E-state index >= 15 is 0 Å². The van der Waals surface area contributed by atoms with Crippen LogP contribution in [0.3, 0.4) is 0 Å². The van der Waals surface area contributed by atoms with E-state index in [9.17, 15) is 4.79 Å². The SMILES string of the molecule is COc1ccc(C(N)C(=O)O)cn1. The monoisotopic (exact) mass is 182 g/mol. The fourth-order valence-corrected chi connectivity index (χ4v) is 0.839. The summed E-state index contributed by atoms with van der Waals surface area (Å²) in [5, 5.41) is 8.58. The van der Waals surface area contributed by atoms with Crippen molar-refractivity contribution in [3.63, 3.8) is 0 Å². The first-order valence-electron chi connectivity index (χ1n) is 3.63. The largest absolute Gasteiger partial charge is 0.481 e. The third kappa shape index (κ3) is 2.16. The first kappa shape index (κ1) is 9.47. The first-order chi connectivity index (χ1) is 6.15. The lowest BCUT2D eigenvalue weighted by Gasteiger charge is -2.06. The van der Waals surface area contributed by atoms with Crippen molar-refractivity contribution in [2.45, 2.75) is 6.04 Å². The number of carbonyl (C=O) groups is 1. The molecule has 13 heavy (non-hydrogen) atoms. The van der Waals surface area contributed by atoms with Crippen LogP contribution in [0.25, 0.3) is 0 Å². The molecule has 70 valence electrons. The molecule has 0 fully saturated rings. The lowest BCUT2D eigenvalue weighted by Crippen LogP contribution is -2.20. The normalized spacial score (nSPS) is 12.2. The molecule has 1 heterocycles. The van der Waals surface area contributed by atoms with Crippen LogP contribution in [0.15, 0.2) is 18.3 Å². The summed E-state index contributed by atoms with van der Waals surface area (Å²) in [5.41, 5.74) is 5.80. The van der Waals surface area contributed by atoms with E-state index < -0.39 is 12.0 Å². The molecule has 5 heteroatoms. The van der Waals surface area contributed by atoms with Crippen molar-refractivity contribution in [2.75, 3.05) is 7.11 Å². The highest BCUT2D eigenvalue weighted by molar-refractivity contribution is 5.75. The number of carboxylic acid groups (broad SMARTS) is 1. The fraction of sp³-hybridized carbons (Fsp3) is 0.250. The second kappa shape index (κ2) is 3.86. The third-order valence-electron chi connectivity index (χ3n) is 1.59. The summed E-state index contributed by atoms with van der Waals surface area (Å²) in [6.45, 7) is 0. The van der Waals surface area contributed by atoms with Gasteiger partial charge in [0, 0.05) is 12.3 Å². The maximum absolute atomic E-state index is 10.5. The average molecular weight is 182 g/mol. The summed E-state index contributed by atoms with van der Waals surface area (Å²) in [4.78, 5) is 14.3.